The summed E-state index contributed by atoms with van der Waals surface area (Å²) in [5.74, 6) is 0.454. The van der Waals surface area contributed by atoms with Gasteiger partial charge in [0.25, 0.3) is 5.56 Å². The zero-order chi connectivity index (χ0) is 23.8. The molecule has 1 aliphatic rings. The van der Waals surface area contributed by atoms with E-state index in [2.05, 4.69) is 26.8 Å². The summed E-state index contributed by atoms with van der Waals surface area (Å²) in [6.07, 6.45) is 1.27. The van der Waals surface area contributed by atoms with E-state index in [1.54, 1.807) is 29.9 Å². The minimum Gasteiger partial charge on any atom is -0.325 e. The topological polar surface area (TPSA) is 104 Å². The van der Waals surface area contributed by atoms with Crippen LogP contribution in [-0.4, -0.2) is 15.5 Å². The number of aryl methyl sites for hydroxylation is 3. The zero-order valence-electron chi connectivity index (χ0n) is 19.0. The van der Waals surface area contributed by atoms with Gasteiger partial charge in [0.05, 0.1) is 17.1 Å². The SMILES string of the molecule is Cc1cc2c(cn1)cc(-c1cc(NC3=NC(c4ccc(C#N)cc4)ON3)ccc1C)c(=O)n2C. The van der Waals surface area contributed by atoms with Crippen LogP contribution in [0.2, 0.25) is 0 Å². The van der Waals surface area contributed by atoms with Crippen LogP contribution in [0.15, 0.2) is 70.6 Å². The van der Waals surface area contributed by atoms with Gasteiger partial charge >= 0.3 is 0 Å². The summed E-state index contributed by atoms with van der Waals surface area (Å²) in [6, 6.07) is 18.8. The predicted molar refractivity (Wildman–Crippen MR) is 131 cm³/mol. The van der Waals surface area contributed by atoms with Crippen LogP contribution in [0.25, 0.3) is 22.0 Å². The first kappa shape index (κ1) is 21.4. The fourth-order valence-corrected chi connectivity index (χ4v) is 3.99. The van der Waals surface area contributed by atoms with Crippen molar-refractivity contribution in [2.75, 3.05) is 5.32 Å². The van der Waals surface area contributed by atoms with Gasteiger partial charge in [-0.15, -0.1) is 0 Å². The molecule has 1 unspecified atom stereocenters. The highest BCUT2D eigenvalue weighted by molar-refractivity contribution is 5.95. The Morgan fingerprint density at radius 2 is 1.88 bits per heavy atom. The number of anilines is 1. The largest absolute Gasteiger partial charge is 0.325 e. The van der Waals surface area contributed by atoms with Crippen LogP contribution in [0.3, 0.4) is 0 Å². The summed E-state index contributed by atoms with van der Waals surface area (Å²) in [7, 11) is 1.78. The van der Waals surface area contributed by atoms with E-state index in [1.807, 2.05) is 56.3 Å². The molecule has 2 aromatic heterocycles. The van der Waals surface area contributed by atoms with Crippen molar-refractivity contribution >= 4 is 22.5 Å². The number of aromatic nitrogens is 2. The Hall–Kier alpha value is -4.48. The fraction of sp³-hybridized carbons (Fsp3) is 0.154. The molecule has 0 radical (unpaired) electrons. The Morgan fingerprint density at radius 3 is 2.65 bits per heavy atom. The number of hydroxylamine groups is 1. The highest BCUT2D eigenvalue weighted by Crippen LogP contribution is 2.28. The number of fused-ring (bicyclic) bond motifs is 1. The average molecular weight is 451 g/mol. The molecular formula is C26H22N6O2. The highest BCUT2D eigenvalue weighted by atomic mass is 16.7. The second-order valence-electron chi connectivity index (χ2n) is 8.25. The van der Waals surface area contributed by atoms with Crippen molar-refractivity contribution in [3.63, 3.8) is 0 Å². The van der Waals surface area contributed by atoms with Crippen LogP contribution in [0.4, 0.5) is 5.69 Å². The normalized spacial score (nSPS) is 15.0. The Bertz CT molecular complexity index is 1550. The quantitative estimate of drug-likeness (QED) is 0.487. The second kappa shape index (κ2) is 8.46. The molecule has 0 bridgehead atoms. The molecule has 3 heterocycles. The van der Waals surface area contributed by atoms with E-state index in [4.69, 9.17) is 10.1 Å². The predicted octanol–water partition coefficient (Wildman–Crippen LogP) is 4.09. The number of pyridine rings is 2. The maximum Gasteiger partial charge on any atom is 0.258 e. The highest BCUT2D eigenvalue weighted by Gasteiger charge is 2.20. The molecule has 0 spiro atoms. The summed E-state index contributed by atoms with van der Waals surface area (Å²) in [5.41, 5.74) is 9.04. The van der Waals surface area contributed by atoms with Gasteiger partial charge in [0.15, 0.2) is 0 Å². The van der Waals surface area contributed by atoms with Gasteiger partial charge in [-0.25, -0.2) is 15.3 Å². The fourth-order valence-electron chi connectivity index (χ4n) is 3.99. The number of hydrogen-bond donors (Lipinski definition) is 2. The van der Waals surface area contributed by atoms with E-state index in [9.17, 15) is 4.79 Å². The monoisotopic (exact) mass is 450 g/mol. The summed E-state index contributed by atoms with van der Waals surface area (Å²) in [5, 5.41) is 13.1. The molecule has 0 saturated heterocycles. The van der Waals surface area contributed by atoms with Crippen molar-refractivity contribution in [3.05, 3.63) is 93.5 Å². The molecule has 1 atom stereocenters. The lowest BCUT2D eigenvalue weighted by molar-refractivity contribution is 0.0375. The molecule has 1 aliphatic heterocycles. The van der Waals surface area contributed by atoms with E-state index in [1.165, 1.54) is 0 Å². The van der Waals surface area contributed by atoms with E-state index < -0.39 is 6.23 Å². The first-order valence-corrected chi connectivity index (χ1v) is 10.8. The van der Waals surface area contributed by atoms with Crippen molar-refractivity contribution in [2.24, 2.45) is 12.0 Å². The van der Waals surface area contributed by atoms with Crippen LogP contribution < -0.4 is 16.4 Å². The molecule has 0 aliphatic carbocycles. The van der Waals surface area contributed by atoms with Gasteiger partial charge in [0.2, 0.25) is 12.2 Å². The molecular weight excluding hydrogens is 428 g/mol. The number of nitrogens with one attached hydrogen (secondary N) is 2. The Labute approximate surface area is 196 Å². The molecule has 5 rings (SSSR count). The molecule has 34 heavy (non-hydrogen) atoms. The number of nitrogens with zero attached hydrogens (tertiary/aromatic N) is 4. The first-order chi connectivity index (χ1) is 16.4. The molecule has 0 saturated carbocycles. The van der Waals surface area contributed by atoms with Crippen LogP contribution >= 0.6 is 0 Å². The van der Waals surface area contributed by atoms with Crippen LogP contribution in [-0.2, 0) is 11.9 Å². The number of aliphatic imine (C=N–C) groups is 1. The maximum absolute atomic E-state index is 13.2. The number of hydrogen-bond acceptors (Lipinski definition) is 7. The number of nitriles is 1. The van der Waals surface area contributed by atoms with Crippen LogP contribution in [0.1, 0.15) is 28.6 Å². The standard InChI is InChI=1S/C26H22N6O2/c1-15-4-9-20(29-26-30-24(34-31-26)18-7-5-17(13-27)6-8-18)12-21(15)22-11-19-14-28-16(2)10-23(19)32(3)25(22)33/h4-12,14,24H,1-3H3,(H2,29,30,31). The molecule has 168 valence electrons. The summed E-state index contributed by atoms with van der Waals surface area (Å²) in [6.45, 7) is 3.89. The lowest BCUT2D eigenvalue weighted by atomic mass is 9.99. The molecule has 2 aromatic carbocycles. The van der Waals surface area contributed by atoms with Gasteiger partial charge in [0, 0.05) is 41.1 Å². The third-order valence-corrected chi connectivity index (χ3v) is 5.87. The van der Waals surface area contributed by atoms with Crippen molar-refractivity contribution in [2.45, 2.75) is 20.1 Å². The van der Waals surface area contributed by atoms with Gasteiger partial charge in [-0.2, -0.15) is 5.26 Å². The van der Waals surface area contributed by atoms with Crippen molar-refractivity contribution in [1.29, 1.82) is 5.26 Å². The molecule has 2 N–H and O–H groups in total. The second-order valence-corrected chi connectivity index (χ2v) is 8.25. The molecule has 0 amide bonds. The lowest BCUT2D eigenvalue weighted by Gasteiger charge is -2.13. The smallest absolute Gasteiger partial charge is 0.258 e. The molecule has 8 nitrogen and oxygen atoms in total. The Morgan fingerprint density at radius 1 is 1.09 bits per heavy atom. The van der Waals surface area contributed by atoms with Crippen LogP contribution in [0.5, 0.6) is 0 Å². The van der Waals surface area contributed by atoms with Gasteiger partial charge in [-0.3, -0.25) is 9.78 Å². The maximum atomic E-state index is 13.2. The van der Waals surface area contributed by atoms with E-state index in [0.29, 0.717) is 17.1 Å². The third-order valence-electron chi connectivity index (χ3n) is 5.87. The minimum absolute atomic E-state index is 0.0705. The van der Waals surface area contributed by atoms with Crippen molar-refractivity contribution in [1.82, 2.24) is 15.0 Å². The van der Waals surface area contributed by atoms with Crippen LogP contribution in [0, 0.1) is 25.2 Å². The third kappa shape index (κ3) is 3.89. The van der Waals surface area contributed by atoms with E-state index in [0.717, 1.165) is 39.0 Å². The zero-order valence-corrected chi connectivity index (χ0v) is 19.0. The van der Waals surface area contributed by atoms with Gasteiger partial charge in [-0.05, 0) is 61.4 Å². The summed E-state index contributed by atoms with van der Waals surface area (Å²) >= 11 is 0. The van der Waals surface area contributed by atoms with E-state index >= 15 is 0 Å². The van der Waals surface area contributed by atoms with Crippen molar-refractivity contribution < 1.29 is 4.84 Å². The van der Waals surface area contributed by atoms with Gasteiger partial charge < -0.3 is 9.88 Å². The molecule has 4 aromatic rings. The number of guanidine groups is 1. The van der Waals surface area contributed by atoms with Gasteiger partial charge in [-0.1, -0.05) is 18.2 Å². The number of benzene rings is 2. The molecule has 0 fully saturated rings. The molecule has 8 heteroatoms. The number of rotatable bonds is 3. The van der Waals surface area contributed by atoms with Gasteiger partial charge in [0.1, 0.15) is 0 Å². The summed E-state index contributed by atoms with van der Waals surface area (Å²) in [4.78, 5) is 27.7. The minimum atomic E-state index is -0.524. The lowest BCUT2D eigenvalue weighted by Crippen LogP contribution is -2.25. The first-order valence-electron chi connectivity index (χ1n) is 10.8. The Kier molecular flexibility index (Phi) is 5.32. The Balaban J connectivity index is 1.46. The van der Waals surface area contributed by atoms with E-state index in [-0.39, 0.29) is 5.56 Å². The van der Waals surface area contributed by atoms with Crippen molar-refractivity contribution in [3.8, 4) is 17.2 Å². The summed E-state index contributed by atoms with van der Waals surface area (Å²) < 4.78 is 1.66. The average Bonchev–Trinajstić information content (AvgIpc) is 3.31.